The number of sulfone groups is 1. The molecule has 5 nitrogen and oxygen atoms in total. The zero-order chi connectivity index (χ0) is 19.7. The fraction of sp³-hybridized carbons (Fsp3) is 0.400. The van der Waals surface area contributed by atoms with E-state index in [0.29, 0.717) is 0 Å². The Kier molecular flexibility index (Phi) is 5.47. The molecule has 0 radical (unpaired) electrons. The number of piperidine rings is 1. The lowest BCUT2D eigenvalue weighted by atomic mass is 9.89. The normalized spacial score (nSPS) is 18.3. The second kappa shape index (κ2) is 7.37. The summed E-state index contributed by atoms with van der Waals surface area (Å²) in [6, 6.07) is 15.9. The Balaban J connectivity index is 1.92. The molecule has 3 rings (SSSR count). The van der Waals surface area contributed by atoms with Gasteiger partial charge in [-0.25, -0.2) is 16.8 Å². The molecule has 146 valence electrons. The van der Waals surface area contributed by atoms with Gasteiger partial charge in [-0.3, -0.25) is 0 Å². The van der Waals surface area contributed by atoms with E-state index >= 15 is 0 Å². The Morgan fingerprint density at radius 2 is 1.44 bits per heavy atom. The maximum atomic E-state index is 13.0. The first-order chi connectivity index (χ1) is 12.7. The van der Waals surface area contributed by atoms with Crippen LogP contribution in [0.1, 0.15) is 30.9 Å². The highest BCUT2D eigenvalue weighted by atomic mass is 32.2. The van der Waals surface area contributed by atoms with E-state index < -0.39 is 24.6 Å². The Hall–Kier alpha value is -1.70. The van der Waals surface area contributed by atoms with Crippen LogP contribution in [0.3, 0.4) is 0 Å². The minimum Gasteiger partial charge on any atom is -0.228 e. The van der Waals surface area contributed by atoms with Crippen LogP contribution in [-0.2, 0) is 24.6 Å². The summed E-state index contributed by atoms with van der Waals surface area (Å²) < 4.78 is 52.2. The maximum Gasteiger partial charge on any atom is 0.243 e. The number of benzene rings is 2. The summed E-state index contributed by atoms with van der Waals surface area (Å²) in [4.78, 5) is 0.249. The lowest BCUT2D eigenvalue weighted by molar-refractivity contribution is 0.289. The second-order valence-electron chi connectivity index (χ2n) is 6.98. The molecule has 0 aliphatic carbocycles. The molecule has 1 saturated heterocycles. The van der Waals surface area contributed by atoms with Crippen molar-refractivity contribution in [2.24, 2.45) is 0 Å². The van der Waals surface area contributed by atoms with E-state index in [0.717, 1.165) is 11.1 Å². The third kappa shape index (κ3) is 3.56. The van der Waals surface area contributed by atoms with Gasteiger partial charge in [-0.1, -0.05) is 55.0 Å². The quantitative estimate of drug-likeness (QED) is 0.763. The van der Waals surface area contributed by atoms with Gasteiger partial charge in [0.15, 0.2) is 9.84 Å². The molecule has 0 atom stereocenters. The highest BCUT2D eigenvalue weighted by molar-refractivity contribution is 7.92. The van der Waals surface area contributed by atoms with Gasteiger partial charge in [-0.2, -0.15) is 4.31 Å². The van der Waals surface area contributed by atoms with E-state index in [9.17, 15) is 16.8 Å². The van der Waals surface area contributed by atoms with Crippen molar-refractivity contribution in [3.05, 3.63) is 65.7 Å². The number of sulfonamides is 1. The van der Waals surface area contributed by atoms with Crippen molar-refractivity contribution in [2.45, 2.75) is 36.3 Å². The predicted octanol–water partition coefficient (Wildman–Crippen LogP) is 3.11. The minimum atomic E-state index is -3.62. The molecule has 0 bridgehead atoms. The number of rotatable bonds is 5. The Morgan fingerprint density at radius 3 is 1.96 bits per heavy atom. The average molecular weight is 408 g/mol. The fourth-order valence-corrected chi connectivity index (χ4v) is 7.04. The van der Waals surface area contributed by atoms with Gasteiger partial charge in [0.25, 0.3) is 0 Å². The maximum absolute atomic E-state index is 13.0. The summed E-state index contributed by atoms with van der Waals surface area (Å²) in [7, 11) is -7.02. The lowest BCUT2D eigenvalue weighted by Crippen LogP contribution is -2.49. The summed E-state index contributed by atoms with van der Waals surface area (Å²) >= 11 is 0. The lowest BCUT2D eigenvalue weighted by Gasteiger charge is -2.41. The van der Waals surface area contributed by atoms with Crippen molar-refractivity contribution in [1.82, 2.24) is 4.31 Å². The third-order valence-electron chi connectivity index (χ3n) is 5.46. The van der Waals surface area contributed by atoms with E-state index in [4.69, 9.17) is 0 Å². The summed E-state index contributed by atoms with van der Waals surface area (Å²) in [5.74, 6) is 0.0343. The summed E-state index contributed by atoms with van der Waals surface area (Å²) in [5, 5.41) is 0. The molecule has 1 aliphatic heterocycles. The third-order valence-corrected chi connectivity index (χ3v) is 9.97. The highest BCUT2D eigenvalue weighted by Crippen LogP contribution is 2.42. The Bertz CT molecular complexity index is 990. The van der Waals surface area contributed by atoms with Crippen LogP contribution in [0.4, 0.5) is 0 Å². The van der Waals surface area contributed by atoms with Gasteiger partial charge < -0.3 is 0 Å². The monoisotopic (exact) mass is 407 g/mol. The van der Waals surface area contributed by atoms with Gasteiger partial charge >= 0.3 is 0 Å². The Labute approximate surface area is 162 Å². The first kappa shape index (κ1) is 20.0. The van der Waals surface area contributed by atoms with Crippen LogP contribution in [0.15, 0.2) is 59.5 Å². The molecule has 0 aromatic heterocycles. The van der Waals surface area contributed by atoms with Crippen molar-refractivity contribution < 1.29 is 16.8 Å². The molecule has 0 spiro atoms. The van der Waals surface area contributed by atoms with Crippen molar-refractivity contribution in [1.29, 1.82) is 0 Å². The molecule has 2 aromatic rings. The molecule has 0 N–H and O–H groups in total. The van der Waals surface area contributed by atoms with E-state index in [1.165, 1.54) is 4.31 Å². The molecule has 0 amide bonds. The van der Waals surface area contributed by atoms with Crippen LogP contribution in [0, 0.1) is 6.92 Å². The largest absolute Gasteiger partial charge is 0.243 e. The molecule has 1 heterocycles. The fourth-order valence-electron chi connectivity index (χ4n) is 3.74. The van der Waals surface area contributed by atoms with Crippen molar-refractivity contribution >= 4 is 19.9 Å². The SMILES string of the molecule is CCS(=O)(=O)C1(c2ccccc2)CCN(S(=O)(=O)c2ccc(C)cc2)CC1. The number of hydrogen-bond acceptors (Lipinski definition) is 4. The van der Waals surface area contributed by atoms with Crippen molar-refractivity contribution in [3.63, 3.8) is 0 Å². The van der Waals surface area contributed by atoms with Gasteiger partial charge in [-0.15, -0.1) is 0 Å². The van der Waals surface area contributed by atoms with E-state index in [-0.39, 0.29) is 36.6 Å². The molecule has 1 fully saturated rings. The van der Waals surface area contributed by atoms with Crippen LogP contribution in [0.5, 0.6) is 0 Å². The van der Waals surface area contributed by atoms with Gasteiger partial charge in [0.05, 0.1) is 9.64 Å². The zero-order valence-corrected chi connectivity index (χ0v) is 17.3. The summed E-state index contributed by atoms with van der Waals surface area (Å²) in [6.45, 7) is 3.92. The van der Waals surface area contributed by atoms with E-state index in [1.807, 2.05) is 37.3 Å². The van der Waals surface area contributed by atoms with E-state index in [1.54, 1.807) is 31.2 Å². The van der Waals surface area contributed by atoms with Crippen LogP contribution in [-0.4, -0.2) is 40.0 Å². The molecular formula is C20H25NO4S2. The van der Waals surface area contributed by atoms with Crippen LogP contribution < -0.4 is 0 Å². The Morgan fingerprint density at radius 1 is 0.889 bits per heavy atom. The van der Waals surface area contributed by atoms with Gasteiger partial charge in [0.1, 0.15) is 0 Å². The smallest absolute Gasteiger partial charge is 0.228 e. The average Bonchev–Trinajstić information content (AvgIpc) is 2.69. The number of nitrogens with zero attached hydrogens (tertiary/aromatic N) is 1. The molecule has 2 aromatic carbocycles. The minimum absolute atomic E-state index is 0.0343. The van der Waals surface area contributed by atoms with Crippen molar-refractivity contribution in [3.8, 4) is 0 Å². The predicted molar refractivity (Wildman–Crippen MR) is 107 cm³/mol. The highest BCUT2D eigenvalue weighted by Gasteiger charge is 2.48. The first-order valence-corrected chi connectivity index (χ1v) is 12.2. The van der Waals surface area contributed by atoms with Crippen LogP contribution in [0.25, 0.3) is 0 Å². The number of hydrogen-bond donors (Lipinski definition) is 0. The first-order valence-electron chi connectivity index (χ1n) is 9.07. The van der Waals surface area contributed by atoms with E-state index in [2.05, 4.69) is 0 Å². The summed E-state index contributed by atoms with van der Waals surface area (Å²) in [6.07, 6.45) is 0.524. The molecule has 0 unspecified atom stereocenters. The molecule has 7 heteroatoms. The van der Waals surface area contributed by atoms with Crippen LogP contribution >= 0.6 is 0 Å². The zero-order valence-electron chi connectivity index (χ0n) is 15.6. The molecule has 0 saturated carbocycles. The molecular weight excluding hydrogens is 382 g/mol. The standard InChI is InChI=1S/C20H25NO4S2/c1-3-26(22,23)20(18-7-5-4-6-8-18)13-15-21(16-14-20)27(24,25)19-11-9-17(2)10-12-19/h4-12H,3,13-16H2,1-2H3. The summed E-state index contributed by atoms with van der Waals surface area (Å²) in [5.41, 5.74) is 1.74. The van der Waals surface area contributed by atoms with Gasteiger partial charge in [-0.05, 0) is 37.5 Å². The molecule has 1 aliphatic rings. The van der Waals surface area contributed by atoms with Crippen molar-refractivity contribution in [2.75, 3.05) is 18.8 Å². The van der Waals surface area contributed by atoms with Crippen LogP contribution in [0.2, 0.25) is 0 Å². The number of aryl methyl sites for hydroxylation is 1. The van der Waals surface area contributed by atoms with Gasteiger partial charge in [0.2, 0.25) is 10.0 Å². The molecule has 27 heavy (non-hydrogen) atoms. The second-order valence-corrected chi connectivity index (χ2v) is 11.5. The van der Waals surface area contributed by atoms with Gasteiger partial charge in [0, 0.05) is 18.8 Å². The topological polar surface area (TPSA) is 71.5 Å².